The molecular weight excluding hydrogens is 142 g/mol. The first-order valence-corrected chi connectivity index (χ1v) is 3.77. The Morgan fingerprint density at radius 3 is 2.18 bits per heavy atom. The average molecular weight is 157 g/mol. The summed E-state index contributed by atoms with van der Waals surface area (Å²) in [6.45, 7) is 7.28. The molecule has 0 saturated heterocycles. The fraction of sp³-hybridized carbons (Fsp3) is 0.625. The fourth-order valence-electron chi connectivity index (χ4n) is 0.735. The summed E-state index contributed by atoms with van der Waals surface area (Å²) in [5.41, 5.74) is 0.383. The highest BCUT2D eigenvalue weighted by molar-refractivity contribution is 5.85. The standard InChI is InChI=1S/C8H15NO2/c1-4-9(5-2)6-7(3)8(10)11/h6H,4-5H2,1-3H3,(H,10,11)/b7-6+. The molecule has 1 N–H and O–H groups in total. The Balaban J connectivity index is 4.14. The minimum absolute atomic E-state index is 0.383. The molecule has 0 atom stereocenters. The summed E-state index contributed by atoms with van der Waals surface area (Å²) in [4.78, 5) is 12.3. The molecule has 3 nitrogen and oxygen atoms in total. The van der Waals surface area contributed by atoms with E-state index in [1.807, 2.05) is 18.7 Å². The van der Waals surface area contributed by atoms with Crippen molar-refractivity contribution in [2.45, 2.75) is 20.8 Å². The number of carboxylic acids is 1. The van der Waals surface area contributed by atoms with Crippen molar-refractivity contribution in [3.63, 3.8) is 0 Å². The maximum Gasteiger partial charge on any atom is 0.332 e. The molecule has 0 unspecified atom stereocenters. The number of nitrogens with zero attached hydrogens (tertiary/aromatic N) is 1. The van der Waals surface area contributed by atoms with Gasteiger partial charge in [-0.2, -0.15) is 0 Å². The molecule has 0 aromatic carbocycles. The predicted octanol–water partition coefficient (Wildman–Crippen LogP) is 1.32. The van der Waals surface area contributed by atoms with Crippen LogP contribution in [0.5, 0.6) is 0 Å². The van der Waals surface area contributed by atoms with Gasteiger partial charge in [-0.15, -0.1) is 0 Å². The van der Waals surface area contributed by atoms with Crippen LogP contribution in [0.1, 0.15) is 20.8 Å². The van der Waals surface area contributed by atoms with Crippen molar-refractivity contribution >= 4 is 5.97 Å². The van der Waals surface area contributed by atoms with E-state index in [1.54, 1.807) is 13.1 Å². The number of carboxylic acid groups (broad SMARTS) is 1. The molecular formula is C8H15NO2. The number of hydrogen-bond donors (Lipinski definition) is 1. The molecule has 11 heavy (non-hydrogen) atoms. The van der Waals surface area contributed by atoms with Crippen molar-refractivity contribution in [2.24, 2.45) is 0 Å². The molecule has 0 aromatic rings. The third-order valence-electron chi connectivity index (χ3n) is 1.53. The summed E-state index contributed by atoms with van der Waals surface area (Å²) in [5, 5.41) is 8.53. The van der Waals surface area contributed by atoms with E-state index < -0.39 is 5.97 Å². The lowest BCUT2D eigenvalue weighted by atomic mass is 10.3. The van der Waals surface area contributed by atoms with Crippen LogP contribution in [0.25, 0.3) is 0 Å². The Bertz CT molecular complexity index is 159. The zero-order valence-electron chi connectivity index (χ0n) is 7.29. The molecule has 0 spiro atoms. The second-order valence-electron chi connectivity index (χ2n) is 2.34. The van der Waals surface area contributed by atoms with Crippen molar-refractivity contribution < 1.29 is 9.90 Å². The predicted molar refractivity (Wildman–Crippen MR) is 44.3 cm³/mol. The molecule has 0 bridgehead atoms. The van der Waals surface area contributed by atoms with Crippen LogP contribution in [0.15, 0.2) is 11.8 Å². The highest BCUT2D eigenvalue weighted by atomic mass is 16.4. The summed E-state index contributed by atoms with van der Waals surface area (Å²) in [5.74, 6) is -0.850. The lowest BCUT2D eigenvalue weighted by Gasteiger charge is -2.15. The van der Waals surface area contributed by atoms with Gasteiger partial charge < -0.3 is 10.0 Å². The second kappa shape index (κ2) is 4.77. The lowest BCUT2D eigenvalue weighted by Crippen LogP contribution is -2.17. The molecule has 0 aliphatic heterocycles. The van der Waals surface area contributed by atoms with Crippen LogP contribution in [0.3, 0.4) is 0 Å². The molecule has 0 saturated carbocycles. The van der Waals surface area contributed by atoms with Gasteiger partial charge in [0.2, 0.25) is 0 Å². The SMILES string of the molecule is CCN(/C=C(\C)C(=O)O)CC. The first-order valence-electron chi connectivity index (χ1n) is 3.77. The van der Waals surface area contributed by atoms with Gasteiger partial charge in [0.05, 0.1) is 0 Å². The van der Waals surface area contributed by atoms with Crippen LogP contribution < -0.4 is 0 Å². The van der Waals surface area contributed by atoms with Gasteiger partial charge >= 0.3 is 5.97 Å². The van der Waals surface area contributed by atoms with E-state index in [0.29, 0.717) is 5.57 Å². The van der Waals surface area contributed by atoms with Crippen molar-refractivity contribution in [1.29, 1.82) is 0 Å². The molecule has 0 fully saturated rings. The molecule has 0 amide bonds. The van der Waals surface area contributed by atoms with E-state index in [0.717, 1.165) is 13.1 Å². The summed E-state index contributed by atoms with van der Waals surface area (Å²) in [6.07, 6.45) is 1.67. The molecule has 0 aliphatic carbocycles. The summed E-state index contributed by atoms with van der Waals surface area (Å²) >= 11 is 0. The fourth-order valence-corrected chi connectivity index (χ4v) is 0.735. The molecule has 3 heteroatoms. The van der Waals surface area contributed by atoms with E-state index in [4.69, 9.17) is 5.11 Å². The van der Waals surface area contributed by atoms with Crippen molar-refractivity contribution in [2.75, 3.05) is 13.1 Å². The number of rotatable bonds is 4. The largest absolute Gasteiger partial charge is 0.478 e. The van der Waals surface area contributed by atoms with Gasteiger partial charge in [-0.1, -0.05) is 0 Å². The van der Waals surface area contributed by atoms with Gasteiger partial charge in [0, 0.05) is 24.9 Å². The number of carbonyl (C=O) groups is 1. The van der Waals surface area contributed by atoms with Crippen molar-refractivity contribution in [1.82, 2.24) is 4.90 Å². The summed E-state index contributed by atoms with van der Waals surface area (Å²) in [7, 11) is 0. The smallest absolute Gasteiger partial charge is 0.332 e. The monoisotopic (exact) mass is 157 g/mol. The number of hydrogen-bond acceptors (Lipinski definition) is 2. The van der Waals surface area contributed by atoms with E-state index in [-0.39, 0.29) is 0 Å². The Morgan fingerprint density at radius 1 is 1.45 bits per heavy atom. The van der Waals surface area contributed by atoms with Crippen molar-refractivity contribution in [3.8, 4) is 0 Å². The van der Waals surface area contributed by atoms with Gasteiger partial charge in [-0.25, -0.2) is 4.79 Å². The Morgan fingerprint density at radius 2 is 1.91 bits per heavy atom. The minimum atomic E-state index is -0.850. The van der Waals surface area contributed by atoms with Crippen LogP contribution in [-0.4, -0.2) is 29.1 Å². The molecule has 0 radical (unpaired) electrons. The summed E-state index contributed by atoms with van der Waals surface area (Å²) < 4.78 is 0. The van der Waals surface area contributed by atoms with Crippen LogP contribution in [0, 0.1) is 0 Å². The van der Waals surface area contributed by atoms with E-state index in [1.165, 1.54) is 0 Å². The summed E-state index contributed by atoms with van der Waals surface area (Å²) in [6, 6.07) is 0. The zero-order valence-corrected chi connectivity index (χ0v) is 7.29. The third kappa shape index (κ3) is 3.65. The third-order valence-corrected chi connectivity index (χ3v) is 1.53. The average Bonchev–Trinajstić information content (AvgIpc) is 1.99. The first kappa shape index (κ1) is 10.0. The normalized spacial score (nSPS) is 11.4. The quantitative estimate of drug-likeness (QED) is 0.625. The number of aliphatic carboxylic acids is 1. The van der Waals surface area contributed by atoms with E-state index in [2.05, 4.69) is 0 Å². The van der Waals surface area contributed by atoms with Crippen LogP contribution >= 0.6 is 0 Å². The maximum absolute atomic E-state index is 10.4. The van der Waals surface area contributed by atoms with Gasteiger partial charge in [0.15, 0.2) is 0 Å². The Labute approximate surface area is 67.3 Å². The van der Waals surface area contributed by atoms with E-state index in [9.17, 15) is 4.79 Å². The minimum Gasteiger partial charge on any atom is -0.478 e. The maximum atomic E-state index is 10.4. The van der Waals surface area contributed by atoms with Gasteiger partial charge in [-0.05, 0) is 20.8 Å². The Kier molecular flexibility index (Phi) is 4.34. The van der Waals surface area contributed by atoms with Crippen molar-refractivity contribution in [3.05, 3.63) is 11.8 Å². The van der Waals surface area contributed by atoms with Crippen LogP contribution in [-0.2, 0) is 4.79 Å². The zero-order chi connectivity index (χ0) is 8.85. The van der Waals surface area contributed by atoms with Crippen LogP contribution in [0.4, 0.5) is 0 Å². The van der Waals surface area contributed by atoms with Gasteiger partial charge in [-0.3, -0.25) is 0 Å². The molecule has 0 aliphatic rings. The topological polar surface area (TPSA) is 40.5 Å². The Hall–Kier alpha value is -0.990. The van der Waals surface area contributed by atoms with Gasteiger partial charge in [0.25, 0.3) is 0 Å². The van der Waals surface area contributed by atoms with Gasteiger partial charge in [0.1, 0.15) is 0 Å². The molecule has 0 rings (SSSR count). The molecule has 64 valence electrons. The molecule has 0 heterocycles. The molecule has 0 aromatic heterocycles. The first-order chi connectivity index (χ1) is 5.11. The highest BCUT2D eigenvalue weighted by Gasteiger charge is 2.00. The van der Waals surface area contributed by atoms with E-state index >= 15 is 0 Å². The second-order valence-corrected chi connectivity index (χ2v) is 2.34. The highest BCUT2D eigenvalue weighted by Crippen LogP contribution is 1.96. The lowest BCUT2D eigenvalue weighted by molar-refractivity contribution is -0.132. The van der Waals surface area contributed by atoms with Crippen LogP contribution in [0.2, 0.25) is 0 Å².